The van der Waals surface area contributed by atoms with Crippen LogP contribution >= 0.6 is 0 Å². The predicted octanol–water partition coefficient (Wildman–Crippen LogP) is -1.93. The van der Waals surface area contributed by atoms with Crippen molar-refractivity contribution in [2.24, 2.45) is 0 Å². The van der Waals surface area contributed by atoms with Crippen LogP contribution in [0.15, 0.2) is 6.33 Å². The standard InChI is InChI=1S/C3H7N5O3S/c9-12(10,11)5-1-2-8-3-4-6-7-8/h3,5H,1-2H2,(H,9,10,11). The zero-order valence-electron chi connectivity index (χ0n) is 5.95. The number of rotatable bonds is 4. The fourth-order valence-corrected chi connectivity index (χ4v) is 0.921. The van der Waals surface area contributed by atoms with Gasteiger partial charge in [-0.2, -0.15) is 13.1 Å². The summed E-state index contributed by atoms with van der Waals surface area (Å²) in [6, 6.07) is 0. The lowest BCUT2D eigenvalue weighted by Gasteiger charge is -1.98. The first-order valence-corrected chi connectivity index (χ1v) is 4.45. The fourth-order valence-electron chi connectivity index (χ4n) is 0.572. The lowest BCUT2D eigenvalue weighted by molar-refractivity contribution is 0.461. The number of nitrogens with zero attached hydrogens (tertiary/aromatic N) is 4. The van der Waals surface area contributed by atoms with Crippen molar-refractivity contribution in [2.75, 3.05) is 6.54 Å². The average Bonchev–Trinajstić information content (AvgIpc) is 2.36. The summed E-state index contributed by atoms with van der Waals surface area (Å²) in [5, 5.41) is 10.1. The molecule has 1 aromatic rings. The second kappa shape index (κ2) is 3.56. The number of aromatic nitrogens is 4. The molecule has 1 heterocycles. The number of hydrogen-bond acceptors (Lipinski definition) is 5. The van der Waals surface area contributed by atoms with Gasteiger partial charge in [-0.25, -0.2) is 4.68 Å². The Kier molecular flexibility index (Phi) is 2.68. The Labute approximate surface area is 68.5 Å². The van der Waals surface area contributed by atoms with Gasteiger partial charge in [0, 0.05) is 6.54 Å². The van der Waals surface area contributed by atoms with Crippen LogP contribution in [0.5, 0.6) is 0 Å². The zero-order valence-corrected chi connectivity index (χ0v) is 6.77. The summed E-state index contributed by atoms with van der Waals surface area (Å²) in [5.41, 5.74) is 0. The van der Waals surface area contributed by atoms with E-state index in [4.69, 9.17) is 4.55 Å². The van der Waals surface area contributed by atoms with Crippen molar-refractivity contribution in [1.82, 2.24) is 24.9 Å². The van der Waals surface area contributed by atoms with Crippen molar-refractivity contribution in [1.29, 1.82) is 0 Å². The summed E-state index contributed by atoms with van der Waals surface area (Å²) in [5.74, 6) is 0. The van der Waals surface area contributed by atoms with Gasteiger partial charge in [0.25, 0.3) is 0 Å². The third kappa shape index (κ3) is 3.37. The molecule has 2 N–H and O–H groups in total. The lowest BCUT2D eigenvalue weighted by atomic mass is 10.7. The van der Waals surface area contributed by atoms with Crippen molar-refractivity contribution in [3.63, 3.8) is 0 Å². The van der Waals surface area contributed by atoms with Crippen LogP contribution < -0.4 is 4.72 Å². The van der Waals surface area contributed by atoms with Gasteiger partial charge in [-0.3, -0.25) is 4.55 Å². The maximum absolute atomic E-state index is 10.1. The van der Waals surface area contributed by atoms with E-state index in [0.29, 0.717) is 0 Å². The largest absolute Gasteiger partial charge is 0.333 e. The molecule has 0 amide bonds. The molecule has 0 bridgehead atoms. The Bertz CT molecular complexity index is 318. The minimum Gasteiger partial charge on any atom is -0.273 e. The molecule has 0 fully saturated rings. The van der Waals surface area contributed by atoms with Gasteiger partial charge in [-0.1, -0.05) is 0 Å². The number of hydrogen-bond donors (Lipinski definition) is 2. The molecule has 0 saturated heterocycles. The van der Waals surface area contributed by atoms with Crippen molar-refractivity contribution in [2.45, 2.75) is 6.54 Å². The third-order valence-corrected chi connectivity index (χ3v) is 1.59. The highest BCUT2D eigenvalue weighted by atomic mass is 32.2. The molecule has 0 atom stereocenters. The second-order valence-electron chi connectivity index (χ2n) is 1.94. The Balaban J connectivity index is 2.29. The van der Waals surface area contributed by atoms with E-state index >= 15 is 0 Å². The minimum absolute atomic E-state index is 0.0455. The topological polar surface area (TPSA) is 110 Å². The first-order valence-electron chi connectivity index (χ1n) is 3.01. The van der Waals surface area contributed by atoms with Gasteiger partial charge >= 0.3 is 10.3 Å². The highest BCUT2D eigenvalue weighted by Gasteiger charge is 2.01. The van der Waals surface area contributed by atoms with E-state index in [-0.39, 0.29) is 13.1 Å². The van der Waals surface area contributed by atoms with Gasteiger partial charge in [0.2, 0.25) is 0 Å². The molecule has 12 heavy (non-hydrogen) atoms. The molecule has 0 aliphatic carbocycles. The van der Waals surface area contributed by atoms with Crippen LogP contribution in [0, 0.1) is 0 Å². The molecule has 0 aliphatic rings. The summed E-state index contributed by atoms with van der Waals surface area (Å²) in [6.07, 6.45) is 1.34. The predicted molar refractivity (Wildman–Crippen MR) is 37.4 cm³/mol. The van der Waals surface area contributed by atoms with Crippen molar-refractivity contribution in [3.05, 3.63) is 6.33 Å². The van der Waals surface area contributed by atoms with Crippen LogP contribution in [0.2, 0.25) is 0 Å². The summed E-state index contributed by atoms with van der Waals surface area (Å²) in [4.78, 5) is 0. The molecule has 0 spiro atoms. The summed E-state index contributed by atoms with van der Waals surface area (Å²) < 4.78 is 31.7. The van der Waals surface area contributed by atoms with Crippen molar-refractivity contribution >= 4 is 10.3 Å². The number of tetrazole rings is 1. The Morgan fingerprint density at radius 3 is 2.83 bits per heavy atom. The van der Waals surface area contributed by atoms with Gasteiger partial charge in [0.15, 0.2) is 0 Å². The normalized spacial score (nSPS) is 11.8. The highest BCUT2D eigenvalue weighted by molar-refractivity contribution is 7.83. The van der Waals surface area contributed by atoms with E-state index in [9.17, 15) is 8.42 Å². The van der Waals surface area contributed by atoms with Crippen molar-refractivity contribution in [3.8, 4) is 0 Å². The Morgan fingerprint density at radius 1 is 1.58 bits per heavy atom. The first-order chi connectivity index (χ1) is 5.58. The van der Waals surface area contributed by atoms with Crippen LogP contribution in [0.3, 0.4) is 0 Å². The van der Waals surface area contributed by atoms with E-state index in [1.165, 1.54) is 11.0 Å². The van der Waals surface area contributed by atoms with E-state index in [1.54, 1.807) is 0 Å². The smallest absolute Gasteiger partial charge is 0.273 e. The van der Waals surface area contributed by atoms with Gasteiger partial charge in [0.05, 0.1) is 6.54 Å². The molecule has 0 aliphatic heterocycles. The average molecular weight is 193 g/mol. The van der Waals surface area contributed by atoms with Crippen LogP contribution in [0.4, 0.5) is 0 Å². The van der Waals surface area contributed by atoms with Gasteiger partial charge < -0.3 is 0 Å². The molecule has 8 nitrogen and oxygen atoms in total. The summed E-state index contributed by atoms with van der Waals surface area (Å²) in [7, 11) is -4.11. The molecule has 1 rings (SSSR count). The molecule has 9 heteroatoms. The van der Waals surface area contributed by atoms with Crippen LogP contribution in [-0.2, 0) is 16.8 Å². The van der Waals surface area contributed by atoms with E-state index < -0.39 is 10.3 Å². The molecule has 0 aromatic carbocycles. The first kappa shape index (κ1) is 9.03. The monoisotopic (exact) mass is 193 g/mol. The zero-order chi connectivity index (χ0) is 9.03. The molecule has 1 aromatic heterocycles. The van der Waals surface area contributed by atoms with Crippen LogP contribution in [0.25, 0.3) is 0 Å². The Morgan fingerprint density at radius 2 is 2.33 bits per heavy atom. The van der Waals surface area contributed by atoms with Crippen LogP contribution in [-0.4, -0.2) is 39.7 Å². The maximum atomic E-state index is 10.1. The summed E-state index contributed by atoms with van der Waals surface area (Å²) >= 11 is 0. The molecule has 68 valence electrons. The highest BCUT2D eigenvalue weighted by Crippen LogP contribution is 1.77. The third-order valence-electron chi connectivity index (χ3n) is 1.02. The van der Waals surface area contributed by atoms with Crippen LogP contribution in [0.1, 0.15) is 0 Å². The molecule has 0 saturated carbocycles. The summed E-state index contributed by atoms with van der Waals surface area (Å²) in [6.45, 7) is 0.316. The minimum atomic E-state index is -4.11. The second-order valence-corrected chi connectivity index (χ2v) is 3.18. The van der Waals surface area contributed by atoms with E-state index in [2.05, 4.69) is 15.5 Å². The lowest BCUT2D eigenvalue weighted by Crippen LogP contribution is -2.26. The van der Waals surface area contributed by atoms with E-state index in [0.717, 1.165) is 0 Å². The molecule has 0 unspecified atom stereocenters. The molecular weight excluding hydrogens is 186 g/mol. The van der Waals surface area contributed by atoms with Gasteiger partial charge in [-0.05, 0) is 10.4 Å². The van der Waals surface area contributed by atoms with E-state index in [1.807, 2.05) is 4.72 Å². The van der Waals surface area contributed by atoms with Crippen molar-refractivity contribution < 1.29 is 13.0 Å². The fraction of sp³-hybridized carbons (Fsp3) is 0.667. The SMILES string of the molecule is O=S(=O)(O)NCCn1cnnn1. The maximum Gasteiger partial charge on any atom is 0.333 e. The quantitative estimate of drug-likeness (QED) is 0.538. The van der Waals surface area contributed by atoms with Gasteiger partial charge in [0.1, 0.15) is 6.33 Å². The molecule has 0 radical (unpaired) electrons. The molecular formula is C3H7N5O3S. The van der Waals surface area contributed by atoms with Gasteiger partial charge in [-0.15, -0.1) is 5.10 Å². The Hall–Kier alpha value is -1.06. The number of nitrogens with one attached hydrogen (secondary N) is 1.